The second-order valence-corrected chi connectivity index (χ2v) is 18.3. The van der Waals surface area contributed by atoms with E-state index in [2.05, 4.69) is 27.7 Å². The zero-order valence-electron chi connectivity index (χ0n) is 27.3. The van der Waals surface area contributed by atoms with E-state index in [1.54, 1.807) is 0 Å². The molecule has 0 spiro atoms. The summed E-state index contributed by atoms with van der Waals surface area (Å²) in [6.07, 6.45) is 22.3. The van der Waals surface area contributed by atoms with Crippen molar-refractivity contribution in [2.45, 2.75) is 155 Å². The molecule has 4 heteroatoms. The summed E-state index contributed by atoms with van der Waals surface area (Å²) in [5.74, 6) is 6.43. The standard InChI is InChI=1S/C38H60N2O2/c1-35-17-13-25(21-23(35)5-7-27-29-9-11-33(41)37(29,3)19-15-31(27)35)39-40-26-14-18-36(2)24(22-26)6-8-28-30-10-12-34(42)38(30,4)20-16-32(28)36/h23-24,27-34,41-42H,5-22H2,1-4H3/b39-25-,40-26+/t23?,24?,27?,28?,29?,30?,31?,32?,33?,34?,35-,36-,37-,38-/m0/s1. The highest BCUT2D eigenvalue weighted by Gasteiger charge is 2.61. The van der Waals surface area contributed by atoms with Gasteiger partial charge in [-0.3, -0.25) is 0 Å². The van der Waals surface area contributed by atoms with E-state index >= 15 is 0 Å². The molecule has 2 N–H and O–H groups in total. The van der Waals surface area contributed by atoms with Crippen molar-refractivity contribution >= 4 is 11.4 Å². The molecule has 8 fully saturated rings. The van der Waals surface area contributed by atoms with E-state index in [1.807, 2.05) is 0 Å². The molecule has 10 unspecified atom stereocenters. The number of fused-ring (bicyclic) bond motifs is 10. The van der Waals surface area contributed by atoms with Crippen LogP contribution in [0.2, 0.25) is 0 Å². The first kappa shape index (κ1) is 28.7. The molecule has 0 aromatic heterocycles. The van der Waals surface area contributed by atoms with Crippen LogP contribution in [0.15, 0.2) is 10.2 Å². The van der Waals surface area contributed by atoms with Gasteiger partial charge in [0, 0.05) is 11.4 Å². The van der Waals surface area contributed by atoms with Gasteiger partial charge in [0.25, 0.3) is 0 Å². The van der Waals surface area contributed by atoms with Crippen LogP contribution in [-0.2, 0) is 0 Å². The van der Waals surface area contributed by atoms with Gasteiger partial charge in [0.1, 0.15) is 0 Å². The van der Waals surface area contributed by atoms with Crippen LogP contribution in [0, 0.1) is 69.0 Å². The average Bonchev–Trinajstić information content (AvgIpc) is 3.46. The van der Waals surface area contributed by atoms with Crippen molar-refractivity contribution in [1.82, 2.24) is 0 Å². The molecule has 0 radical (unpaired) electrons. The number of nitrogens with zero attached hydrogens (tertiary/aromatic N) is 2. The number of hydrogen-bond donors (Lipinski definition) is 2. The fourth-order valence-corrected chi connectivity index (χ4v) is 14.4. The summed E-state index contributed by atoms with van der Waals surface area (Å²) in [4.78, 5) is 0. The Labute approximate surface area is 256 Å². The van der Waals surface area contributed by atoms with Gasteiger partial charge in [0.05, 0.1) is 12.2 Å². The Morgan fingerprint density at radius 3 is 1.31 bits per heavy atom. The Morgan fingerprint density at radius 2 is 0.881 bits per heavy atom. The van der Waals surface area contributed by atoms with Crippen LogP contribution in [0.5, 0.6) is 0 Å². The number of rotatable bonds is 1. The molecule has 8 aliphatic rings. The number of aliphatic hydroxyl groups excluding tert-OH is 2. The van der Waals surface area contributed by atoms with E-state index in [-0.39, 0.29) is 23.0 Å². The molecule has 0 aromatic carbocycles. The first-order chi connectivity index (χ1) is 20.1. The van der Waals surface area contributed by atoms with Crippen LogP contribution in [0.25, 0.3) is 0 Å². The fraction of sp³-hybridized carbons (Fsp3) is 0.947. The molecule has 0 bridgehead atoms. The Balaban J connectivity index is 0.928. The first-order valence-corrected chi connectivity index (χ1v) is 18.5. The topological polar surface area (TPSA) is 65.2 Å². The summed E-state index contributed by atoms with van der Waals surface area (Å²) >= 11 is 0. The van der Waals surface area contributed by atoms with Crippen molar-refractivity contribution in [3.8, 4) is 0 Å². The van der Waals surface area contributed by atoms with E-state index < -0.39 is 0 Å². The van der Waals surface area contributed by atoms with Gasteiger partial charge in [0.2, 0.25) is 0 Å². The molecule has 0 saturated heterocycles. The molecule has 4 nitrogen and oxygen atoms in total. The Hall–Kier alpha value is -0.740. The minimum absolute atomic E-state index is 0.0642. The van der Waals surface area contributed by atoms with E-state index in [9.17, 15) is 10.2 Å². The second-order valence-electron chi connectivity index (χ2n) is 18.3. The van der Waals surface area contributed by atoms with Gasteiger partial charge in [-0.2, -0.15) is 10.2 Å². The normalized spacial score (nSPS) is 58.9. The zero-order valence-corrected chi connectivity index (χ0v) is 27.3. The third kappa shape index (κ3) is 3.97. The highest BCUT2D eigenvalue weighted by atomic mass is 16.3. The molecule has 8 saturated carbocycles. The first-order valence-electron chi connectivity index (χ1n) is 18.5. The number of hydrogen-bond acceptors (Lipinski definition) is 4. The lowest BCUT2D eigenvalue weighted by Gasteiger charge is -2.60. The predicted octanol–water partition coefficient (Wildman–Crippen LogP) is 8.59. The minimum Gasteiger partial charge on any atom is -0.393 e. The monoisotopic (exact) mass is 576 g/mol. The maximum absolute atomic E-state index is 10.8. The molecule has 14 atom stereocenters. The maximum atomic E-state index is 10.8. The van der Waals surface area contributed by atoms with Gasteiger partial charge in [-0.1, -0.05) is 27.7 Å². The summed E-state index contributed by atoms with van der Waals surface area (Å²) in [5, 5.41) is 31.7. The van der Waals surface area contributed by atoms with Crippen molar-refractivity contribution < 1.29 is 10.2 Å². The quantitative estimate of drug-likeness (QED) is 0.307. The maximum Gasteiger partial charge on any atom is 0.0596 e. The van der Waals surface area contributed by atoms with Crippen LogP contribution in [0.4, 0.5) is 0 Å². The van der Waals surface area contributed by atoms with E-state index in [1.165, 1.54) is 101 Å². The molecule has 0 amide bonds. The molecule has 0 aliphatic heterocycles. The summed E-state index contributed by atoms with van der Waals surface area (Å²) in [6, 6.07) is 0. The lowest BCUT2D eigenvalue weighted by atomic mass is 9.45. The fourth-order valence-electron chi connectivity index (χ4n) is 14.4. The Morgan fingerprint density at radius 1 is 0.476 bits per heavy atom. The van der Waals surface area contributed by atoms with Gasteiger partial charge in [0.15, 0.2) is 0 Å². The van der Waals surface area contributed by atoms with Gasteiger partial charge < -0.3 is 10.2 Å². The van der Waals surface area contributed by atoms with Crippen LogP contribution in [0.1, 0.15) is 143 Å². The van der Waals surface area contributed by atoms with Crippen molar-refractivity contribution in [3.63, 3.8) is 0 Å². The Bertz CT molecular complexity index is 1060. The smallest absolute Gasteiger partial charge is 0.0596 e. The van der Waals surface area contributed by atoms with Gasteiger partial charge >= 0.3 is 0 Å². The third-order valence-corrected chi connectivity index (χ3v) is 17.2. The van der Waals surface area contributed by atoms with Crippen molar-refractivity contribution in [2.24, 2.45) is 79.2 Å². The van der Waals surface area contributed by atoms with Crippen LogP contribution < -0.4 is 0 Å². The molecule has 8 rings (SSSR count). The molecule has 42 heavy (non-hydrogen) atoms. The predicted molar refractivity (Wildman–Crippen MR) is 170 cm³/mol. The molecular formula is C38H60N2O2. The van der Waals surface area contributed by atoms with Crippen molar-refractivity contribution in [2.75, 3.05) is 0 Å². The summed E-state index contributed by atoms with van der Waals surface area (Å²) in [6.45, 7) is 10.1. The summed E-state index contributed by atoms with van der Waals surface area (Å²) in [7, 11) is 0. The van der Waals surface area contributed by atoms with Crippen molar-refractivity contribution in [1.29, 1.82) is 0 Å². The average molecular weight is 577 g/mol. The van der Waals surface area contributed by atoms with E-state index in [0.29, 0.717) is 10.8 Å². The summed E-state index contributed by atoms with van der Waals surface area (Å²) < 4.78 is 0. The third-order valence-electron chi connectivity index (χ3n) is 17.2. The second kappa shape index (κ2) is 9.88. The number of aliphatic hydroxyl groups is 2. The zero-order chi connectivity index (χ0) is 29.1. The Kier molecular flexibility index (Phi) is 6.75. The van der Waals surface area contributed by atoms with Crippen LogP contribution >= 0.6 is 0 Å². The molecule has 0 aromatic rings. The van der Waals surface area contributed by atoms with Gasteiger partial charge in [-0.15, -0.1) is 0 Å². The largest absolute Gasteiger partial charge is 0.393 e. The van der Waals surface area contributed by atoms with Crippen LogP contribution in [-0.4, -0.2) is 33.8 Å². The van der Waals surface area contributed by atoms with E-state index in [0.717, 1.165) is 73.0 Å². The molecule has 8 aliphatic carbocycles. The van der Waals surface area contributed by atoms with Gasteiger partial charge in [-0.05, 0) is 185 Å². The minimum atomic E-state index is -0.0642. The van der Waals surface area contributed by atoms with Gasteiger partial charge in [-0.25, -0.2) is 0 Å². The molecule has 0 heterocycles. The van der Waals surface area contributed by atoms with E-state index in [4.69, 9.17) is 10.2 Å². The summed E-state index contributed by atoms with van der Waals surface area (Å²) in [5.41, 5.74) is 4.08. The molecular weight excluding hydrogens is 516 g/mol. The van der Waals surface area contributed by atoms with Crippen LogP contribution in [0.3, 0.4) is 0 Å². The molecule has 234 valence electrons. The SMILES string of the molecule is C[C@]12CC/C(=N/N=C3\CC[C@@]4(C)C(CCC5C4CC[C@]4(C)C(O)CCC54)C3)CC1CCC1C2CC[C@]2(C)C(O)CCC12. The highest BCUT2D eigenvalue weighted by Crippen LogP contribution is 2.67. The lowest BCUT2D eigenvalue weighted by molar-refractivity contribution is -0.112. The lowest BCUT2D eigenvalue weighted by Crippen LogP contribution is -2.54. The van der Waals surface area contributed by atoms with Crippen molar-refractivity contribution in [3.05, 3.63) is 0 Å². The highest BCUT2D eigenvalue weighted by molar-refractivity contribution is 5.89.